The van der Waals surface area contributed by atoms with Gasteiger partial charge in [0.2, 0.25) is 0 Å². The van der Waals surface area contributed by atoms with Crippen molar-refractivity contribution >= 4 is 17.5 Å². The Balaban J connectivity index is 2.58. The monoisotopic (exact) mass is 182 g/mol. The molecule has 0 saturated carbocycles. The number of aromatic nitrogens is 2. The Bertz CT molecular complexity index is 263. The van der Waals surface area contributed by atoms with E-state index < -0.39 is 0 Å². The van der Waals surface area contributed by atoms with Crippen LogP contribution in [0.3, 0.4) is 0 Å². The third kappa shape index (κ3) is 2.62. The van der Waals surface area contributed by atoms with Gasteiger partial charge in [-0.25, -0.2) is 9.97 Å². The van der Waals surface area contributed by atoms with Crippen molar-refractivity contribution in [1.29, 1.82) is 0 Å². The summed E-state index contributed by atoms with van der Waals surface area (Å²) in [7, 11) is 0. The summed E-state index contributed by atoms with van der Waals surface area (Å²) in [6, 6.07) is 1.75. The Hall–Kier alpha value is -0.900. The van der Waals surface area contributed by atoms with Crippen LogP contribution in [-0.4, -0.2) is 21.0 Å². The molecule has 12 heavy (non-hydrogen) atoms. The van der Waals surface area contributed by atoms with Crippen molar-refractivity contribution < 1.29 is 4.79 Å². The van der Waals surface area contributed by atoms with Gasteiger partial charge in [0.25, 0.3) is 0 Å². The van der Waals surface area contributed by atoms with Crippen LogP contribution in [0.1, 0.15) is 13.8 Å². The maximum atomic E-state index is 10.9. The minimum Gasteiger partial charge on any atom is -0.299 e. The highest BCUT2D eigenvalue weighted by atomic mass is 32.2. The smallest absolute Gasteiger partial charge is 0.188 e. The van der Waals surface area contributed by atoms with Crippen LogP contribution in [-0.2, 0) is 4.79 Å². The molecule has 0 amide bonds. The van der Waals surface area contributed by atoms with E-state index in [4.69, 9.17) is 0 Å². The van der Waals surface area contributed by atoms with Gasteiger partial charge in [-0.1, -0.05) is 11.8 Å². The van der Waals surface area contributed by atoms with E-state index in [-0.39, 0.29) is 11.0 Å². The quantitative estimate of drug-likeness (QED) is 0.525. The number of carbonyl (C=O) groups is 1. The number of rotatable bonds is 3. The minimum absolute atomic E-state index is 0.0626. The third-order valence-electron chi connectivity index (χ3n) is 1.40. The molecule has 1 aromatic heterocycles. The molecule has 64 valence electrons. The van der Waals surface area contributed by atoms with E-state index in [0.29, 0.717) is 5.16 Å². The number of Topliss-reactive ketones (excluding diaryl/α,β-unsaturated/α-hetero) is 1. The van der Waals surface area contributed by atoms with Crippen molar-refractivity contribution in [2.24, 2.45) is 0 Å². The Morgan fingerprint density at radius 2 is 2.08 bits per heavy atom. The average molecular weight is 182 g/mol. The van der Waals surface area contributed by atoms with E-state index >= 15 is 0 Å². The number of carbonyl (C=O) groups excluding carboxylic acids is 1. The molecule has 0 saturated heterocycles. The Morgan fingerprint density at radius 3 is 2.58 bits per heavy atom. The van der Waals surface area contributed by atoms with Crippen molar-refractivity contribution in [3.8, 4) is 0 Å². The maximum Gasteiger partial charge on any atom is 0.188 e. The zero-order valence-electron chi connectivity index (χ0n) is 7.02. The second-order valence-corrected chi connectivity index (χ2v) is 3.71. The second-order valence-electron chi connectivity index (χ2n) is 2.40. The van der Waals surface area contributed by atoms with Crippen molar-refractivity contribution in [2.75, 3.05) is 0 Å². The van der Waals surface area contributed by atoms with E-state index in [1.54, 1.807) is 25.4 Å². The van der Waals surface area contributed by atoms with Gasteiger partial charge in [-0.2, -0.15) is 0 Å². The van der Waals surface area contributed by atoms with Crippen molar-refractivity contribution in [2.45, 2.75) is 24.3 Å². The number of hydrogen-bond acceptors (Lipinski definition) is 4. The summed E-state index contributed by atoms with van der Waals surface area (Å²) in [6.45, 7) is 3.42. The van der Waals surface area contributed by atoms with Gasteiger partial charge in [-0.15, -0.1) is 0 Å². The van der Waals surface area contributed by atoms with Crippen molar-refractivity contribution in [3.63, 3.8) is 0 Å². The fourth-order valence-corrected chi connectivity index (χ4v) is 1.31. The fourth-order valence-electron chi connectivity index (χ4n) is 0.587. The largest absolute Gasteiger partial charge is 0.299 e. The number of thioether (sulfide) groups is 1. The standard InChI is InChI=1S/C8H10N2OS/c1-6(11)7(2)12-8-9-4-3-5-10-8/h3-5,7H,1-2H3. The Kier molecular flexibility index (Phi) is 3.22. The van der Waals surface area contributed by atoms with E-state index in [2.05, 4.69) is 9.97 Å². The molecule has 1 rings (SSSR count). The molecule has 0 aliphatic heterocycles. The predicted octanol–water partition coefficient (Wildman–Crippen LogP) is 1.55. The summed E-state index contributed by atoms with van der Waals surface area (Å²) in [4.78, 5) is 18.9. The third-order valence-corrected chi connectivity index (χ3v) is 2.50. The summed E-state index contributed by atoms with van der Waals surface area (Å²) in [5.74, 6) is 0.146. The van der Waals surface area contributed by atoms with Crippen molar-refractivity contribution in [3.05, 3.63) is 18.5 Å². The maximum absolute atomic E-state index is 10.9. The van der Waals surface area contributed by atoms with Crippen LogP contribution in [0.25, 0.3) is 0 Å². The molecule has 1 heterocycles. The van der Waals surface area contributed by atoms with E-state index in [1.165, 1.54) is 11.8 Å². The van der Waals surface area contributed by atoms with Gasteiger partial charge in [-0.3, -0.25) is 4.79 Å². The van der Waals surface area contributed by atoms with Crippen LogP contribution in [0.4, 0.5) is 0 Å². The lowest BCUT2D eigenvalue weighted by molar-refractivity contribution is -0.116. The van der Waals surface area contributed by atoms with Gasteiger partial charge < -0.3 is 0 Å². The topological polar surface area (TPSA) is 42.9 Å². The first kappa shape index (κ1) is 9.19. The molecule has 0 bridgehead atoms. The summed E-state index contributed by atoms with van der Waals surface area (Å²) in [5.41, 5.74) is 0. The molecule has 0 aromatic carbocycles. The molecule has 1 aromatic rings. The summed E-state index contributed by atoms with van der Waals surface area (Å²) in [6.07, 6.45) is 3.34. The first-order chi connectivity index (χ1) is 5.70. The highest BCUT2D eigenvalue weighted by molar-refractivity contribution is 8.00. The van der Waals surface area contributed by atoms with Gasteiger partial charge >= 0.3 is 0 Å². The Morgan fingerprint density at radius 1 is 1.50 bits per heavy atom. The molecular weight excluding hydrogens is 172 g/mol. The second kappa shape index (κ2) is 4.21. The highest BCUT2D eigenvalue weighted by Crippen LogP contribution is 2.18. The van der Waals surface area contributed by atoms with Crippen LogP contribution in [0.5, 0.6) is 0 Å². The molecule has 4 heteroatoms. The SMILES string of the molecule is CC(=O)C(C)Sc1ncccn1. The van der Waals surface area contributed by atoms with Gasteiger partial charge in [0, 0.05) is 12.4 Å². The zero-order valence-corrected chi connectivity index (χ0v) is 7.84. The van der Waals surface area contributed by atoms with Crippen LogP contribution in [0.2, 0.25) is 0 Å². The molecular formula is C8H10N2OS. The molecule has 1 atom stereocenters. The molecule has 0 spiro atoms. The van der Waals surface area contributed by atoms with E-state index in [9.17, 15) is 4.79 Å². The molecule has 1 unspecified atom stereocenters. The van der Waals surface area contributed by atoms with Gasteiger partial charge in [0.1, 0.15) is 5.78 Å². The van der Waals surface area contributed by atoms with E-state index in [1.807, 2.05) is 6.92 Å². The molecule has 0 radical (unpaired) electrons. The lowest BCUT2D eigenvalue weighted by Gasteiger charge is -2.03. The first-order valence-corrected chi connectivity index (χ1v) is 4.52. The van der Waals surface area contributed by atoms with Gasteiger partial charge in [0.15, 0.2) is 5.16 Å². The average Bonchev–Trinajstić information content (AvgIpc) is 2.06. The van der Waals surface area contributed by atoms with E-state index in [0.717, 1.165) is 0 Å². The lowest BCUT2D eigenvalue weighted by atomic mass is 10.3. The minimum atomic E-state index is -0.0626. The molecule has 0 N–H and O–H groups in total. The number of hydrogen-bond donors (Lipinski definition) is 0. The normalized spacial score (nSPS) is 12.5. The van der Waals surface area contributed by atoms with Crippen LogP contribution in [0, 0.1) is 0 Å². The fraction of sp³-hybridized carbons (Fsp3) is 0.375. The van der Waals surface area contributed by atoms with Crippen LogP contribution >= 0.6 is 11.8 Å². The summed E-state index contributed by atoms with van der Waals surface area (Å²) < 4.78 is 0. The lowest BCUT2D eigenvalue weighted by Crippen LogP contribution is -2.08. The molecule has 0 fully saturated rings. The number of nitrogens with zero attached hydrogens (tertiary/aromatic N) is 2. The Labute approximate surface area is 75.6 Å². The molecule has 3 nitrogen and oxygen atoms in total. The number of ketones is 1. The van der Waals surface area contributed by atoms with Gasteiger partial charge in [-0.05, 0) is 19.9 Å². The summed E-state index contributed by atoms with van der Waals surface area (Å²) in [5, 5.41) is 0.590. The van der Waals surface area contributed by atoms with Crippen molar-refractivity contribution in [1.82, 2.24) is 9.97 Å². The van der Waals surface area contributed by atoms with Crippen LogP contribution in [0.15, 0.2) is 23.6 Å². The van der Waals surface area contributed by atoms with Crippen LogP contribution < -0.4 is 0 Å². The zero-order chi connectivity index (χ0) is 8.97. The first-order valence-electron chi connectivity index (χ1n) is 3.64. The molecule has 0 aliphatic rings. The highest BCUT2D eigenvalue weighted by Gasteiger charge is 2.09. The molecule has 0 aliphatic carbocycles. The predicted molar refractivity (Wildman–Crippen MR) is 48.0 cm³/mol. The van der Waals surface area contributed by atoms with Gasteiger partial charge in [0.05, 0.1) is 5.25 Å². The summed E-state index contributed by atoms with van der Waals surface area (Å²) >= 11 is 1.38.